The number of nitrogens with two attached hydrogens (primary N) is 1. The summed E-state index contributed by atoms with van der Waals surface area (Å²) in [5.74, 6) is -0.519. The van der Waals surface area contributed by atoms with Crippen molar-refractivity contribution in [1.82, 2.24) is 4.72 Å². The molecule has 380 valence electrons. The highest BCUT2D eigenvalue weighted by Gasteiger charge is 2.28. The second-order valence-electron chi connectivity index (χ2n) is 17.0. The normalized spacial score (nSPS) is 13.8. The molecular formula is C55H61ClN4O10S2. The standard InChI is InChI=1S/C27H28N2O5S.C20H18N2O4S.C7H11ClO.CH4/c30-26(22-14-9-15-23(18-22)34-19-20-10-3-1-4-11-20)28-24-16-7-8-17-25(24)35(32,33)29-27(31)21-12-5-2-6-13-21;21-27(24,25)19-12-5-4-11-18(19)22-20(23)16-9-6-10-17(13-16)26-14-15-7-2-1-3-8-15;8-7(9)6-4-2-1-3-5-6;/h1,3-4,7-11,14-18,21H,2,5-6,12-13,19H2,(H,28,30)(H,29,31);1-13H,14H2,(H,22,23)(H2,21,24,25);6H,1-5H2;1H4. The summed E-state index contributed by atoms with van der Waals surface area (Å²) in [5.41, 5.74) is 2.88. The van der Waals surface area contributed by atoms with Crippen LogP contribution in [0.25, 0.3) is 0 Å². The monoisotopic (exact) mass is 1040 g/mol. The number of carbonyl (C=O) groups excluding carboxylic acids is 4. The Labute approximate surface area is 427 Å². The molecule has 0 heterocycles. The highest BCUT2D eigenvalue weighted by molar-refractivity contribution is 7.90. The molecule has 2 saturated carbocycles. The Morgan fingerprint density at radius 1 is 0.514 bits per heavy atom. The molecule has 0 aliphatic heterocycles. The molecular weight excluding hydrogens is 976 g/mol. The quantitative estimate of drug-likeness (QED) is 0.0713. The van der Waals surface area contributed by atoms with Gasteiger partial charge in [-0.15, -0.1) is 0 Å². The number of anilines is 2. The molecule has 2 aliphatic rings. The van der Waals surface area contributed by atoms with Crippen molar-refractivity contribution in [2.45, 2.75) is 94.6 Å². The van der Waals surface area contributed by atoms with E-state index in [1.807, 2.05) is 60.7 Å². The first-order valence-corrected chi connectivity index (χ1v) is 26.7. The maximum Gasteiger partial charge on any atom is 0.266 e. The minimum absolute atomic E-state index is 0. The van der Waals surface area contributed by atoms with Crippen molar-refractivity contribution in [2.75, 3.05) is 10.6 Å². The van der Waals surface area contributed by atoms with Gasteiger partial charge in [-0.3, -0.25) is 19.2 Å². The molecule has 2 fully saturated rings. The maximum absolute atomic E-state index is 13.0. The first-order chi connectivity index (χ1) is 34.2. The average molecular weight is 1040 g/mol. The van der Waals surface area contributed by atoms with Crippen molar-refractivity contribution in [1.29, 1.82) is 0 Å². The molecule has 8 rings (SSSR count). The molecule has 14 nitrogen and oxygen atoms in total. The number of carbonyl (C=O) groups is 4. The molecule has 6 aromatic carbocycles. The lowest BCUT2D eigenvalue weighted by Gasteiger charge is -2.21. The summed E-state index contributed by atoms with van der Waals surface area (Å²) in [6.07, 6.45) is 9.93. The van der Waals surface area contributed by atoms with E-state index in [4.69, 9.17) is 26.2 Å². The topological polar surface area (TPSA) is 217 Å². The van der Waals surface area contributed by atoms with Gasteiger partial charge in [0.1, 0.15) is 34.5 Å². The fraction of sp³-hybridized carbons (Fsp3) is 0.273. The third kappa shape index (κ3) is 17.5. The predicted molar refractivity (Wildman–Crippen MR) is 281 cm³/mol. The van der Waals surface area contributed by atoms with Gasteiger partial charge in [-0.05, 0) is 109 Å². The van der Waals surface area contributed by atoms with Crippen molar-refractivity contribution in [3.63, 3.8) is 0 Å². The van der Waals surface area contributed by atoms with Crippen LogP contribution in [-0.2, 0) is 42.8 Å². The Morgan fingerprint density at radius 3 is 1.35 bits per heavy atom. The largest absolute Gasteiger partial charge is 0.489 e. The van der Waals surface area contributed by atoms with E-state index < -0.39 is 37.8 Å². The van der Waals surface area contributed by atoms with Crippen molar-refractivity contribution >= 4 is 66.0 Å². The lowest BCUT2D eigenvalue weighted by molar-refractivity contribution is -0.124. The van der Waals surface area contributed by atoms with Crippen LogP contribution in [0.2, 0.25) is 0 Å². The summed E-state index contributed by atoms with van der Waals surface area (Å²) in [7, 11) is -8.10. The van der Waals surface area contributed by atoms with Gasteiger partial charge in [0.15, 0.2) is 0 Å². The van der Waals surface area contributed by atoms with Gasteiger partial charge >= 0.3 is 0 Å². The molecule has 0 aromatic heterocycles. The molecule has 0 bridgehead atoms. The van der Waals surface area contributed by atoms with Crippen LogP contribution in [0.15, 0.2) is 168 Å². The zero-order valence-electron chi connectivity index (χ0n) is 39.0. The van der Waals surface area contributed by atoms with Gasteiger partial charge in [0.2, 0.25) is 21.2 Å². The lowest BCUT2D eigenvalue weighted by Crippen LogP contribution is -2.36. The number of hydrogen-bond acceptors (Lipinski definition) is 10. The number of benzene rings is 6. The molecule has 6 aromatic rings. The van der Waals surface area contributed by atoms with Gasteiger partial charge in [0, 0.05) is 23.0 Å². The zero-order valence-corrected chi connectivity index (χ0v) is 41.4. The molecule has 0 spiro atoms. The van der Waals surface area contributed by atoms with Gasteiger partial charge < -0.3 is 20.1 Å². The Hall–Kier alpha value is -6.85. The smallest absolute Gasteiger partial charge is 0.266 e. The number of rotatable bonds is 15. The highest BCUT2D eigenvalue weighted by Crippen LogP contribution is 2.28. The predicted octanol–water partition coefficient (Wildman–Crippen LogP) is 11.0. The zero-order chi connectivity index (χ0) is 50.6. The van der Waals surface area contributed by atoms with Crippen molar-refractivity contribution < 1.29 is 45.5 Å². The minimum Gasteiger partial charge on any atom is -0.489 e. The fourth-order valence-corrected chi connectivity index (χ4v) is 10.0. The van der Waals surface area contributed by atoms with Crippen molar-refractivity contribution in [3.05, 3.63) is 180 Å². The van der Waals surface area contributed by atoms with E-state index in [1.54, 1.807) is 66.7 Å². The van der Waals surface area contributed by atoms with Gasteiger partial charge in [-0.25, -0.2) is 26.7 Å². The minimum atomic E-state index is -4.15. The maximum atomic E-state index is 13.0. The summed E-state index contributed by atoms with van der Waals surface area (Å²) in [6.45, 7) is 0.730. The van der Waals surface area contributed by atoms with E-state index in [0.717, 1.165) is 43.2 Å². The van der Waals surface area contributed by atoms with Crippen LogP contribution in [-0.4, -0.2) is 39.8 Å². The van der Waals surface area contributed by atoms with E-state index in [0.29, 0.717) is 48.7 Å². The molecule has 3 amide bonds. The van der Waals surface area contributed by atoms with Crippen LogP contribution in [0.1, 0.15) is 103 Å². The highest BCUT2D eigenvalue weighted by atomic mass is 35.5. The van der Waals surface area contributed by atoms with Crippen molar-refractivity contribution in [2.24, 2.45) is 17.0 Å². The number of primary sulfonamides is 1. The number of hydrogen-bond donors (Lipinski definition) is 4. The second kappa shape index (κ2) is 27.7. The number of ether oxygens (including phenoxy) is 2. The number of sulfonamides is 2. The van der Waals surface area contributed by atoms with E-state index in [2.05, 4.69) is 15.4 Å². The molecule has 5 N–H and O–H groups in total. The molecule has 2 aliphatic carbocycles. The van der Waals surface area contributed by atoms with Gasteiger partial charge in [0.25, 0.3) is 21.8 Å². The van der Waals surface area contributed by atoms with Gasteiger partial charge in [-0.2, -0.15) is 0 Å². The number of halogens is 1. The molecule has 72 heavy (non-hydrogen) atoms. The summed E-state index contributed by atoms with van der Waals surface area (Å²) in [6, 6.07) is 44.6. The van der Waals surface area contributed by atoms with E-state index in [9.17, 15) is 36.0 Å². The Morgan fingerprint density at radius 2 is 0.917 bits per heavy atom. The van der Waals surface area contributed by atoms with E-state index in [1.165, 1.54) is 49.6 Å². The number of para-hydroxylation sites is 2. The Balaban J connectivity index is 0.000000230. The molecule has 0 atom stereocenters. The van der Waals surface area contributed by atoms with Crippen molar-refractivity contribution in [3.8, 4) is 11.5 Å². The molecule has 0 radical (unpaired) electrons. The number of amides is 3. The van der Waals surface area contributed by atoms with Crippen LogP contribution >= 0.6 is 11.6 Å². The Bertz CT molecular complexity index is 2970. The molecule has 0 unspecified atom stereocenters. The van der Waals surface area contributed by atoms with Crippen LogP contribution in [0, 0.1) is 11.8 Å². The summed E-state index contributed by atoms with van der Waals surface area (Å²) in [5, 5.41) is 10.3. The van der Waals surface area contributed by atoms with Crippen LogP contribution in [0.5, 0.6) is 11.5 Å². The third-order valence-corrected chi connectivity index (χ3v) is 14.4. The van der Waals surface area contributed by atoms with Crippen LogP contribution in [0.4, 0.5) is 11.4 Å². The fourth-order valence-electron chi connectivity index (χ4n) is 7.91. The first kappa shape index (κ1) is 56.1. The third-order valence-electron chi connectivity index (χ3n) is 11.7. The summed E-state index contributed by atoms with van der Waals surface area (Å²) < 4.78 is 63.0. The second-order valence-corrected chi connectivity index (χ2v) is 20.5. The van der Waals surface area contributed by atoms with Gasteiger partial charge in [0.05, 0.1) is 11.4 Å². The molecule has 0 saturated heterocycles. The van der Waals surface area contributed by atoms with Gasteiger partial charge in [-0.1, -0.05) is 143 Å². The van der Waals surface area contributed by atoms with Crippen LogP contribution < -0.4 is 30.0 Å². The van der Waals surface area contributed by atoms with E-state index in [-0.39, 0.29) is 45.7 Å². The Kier molecular flexibility index (Phi) is 21.5. The summed E-state index contributed by atoms with van der Waals surface area (Å²) >= 11 is 5.32. The van der Waals surface area contributed by atoms with Crippen LogP contribution in [0.3, 0.4) is 0 Å². The van der Waals surface area contributed by atoms with E-state index >= 15 is 0 Å². The lowest BCUT2D eigenvalue weighted by atomic mass is 9.89. The SMILES string of the molecule is C.NS(=O)(=O)c1ccccc1NC(=O)c1cccc(OCc2ccccc2)c1.O=C(Cl)C1CCCCC1.O=C(Nc1ccccc1S(=O)(=O)NC(=O)C1CCCCC1)c1cccc(OCc2ccccc2)c1. The number of nitrogens with one attached hydrogen (secondary N) is 3. The average Bonchev–Trinajstić information content (AvgIpc) is 3.39. The molecule has 17 heteroatoms. The summed E-state index contributed by atoms with van der Waals surface area (Å²) in [4.78, 5) is 48.3. The first-order valence-electron chi connectivity index (χ1n) is 23.3.